The van der Waals surface area contributed by atoms with E-state index in [1.807, 2.05) is 20.8 Å². The molecule has 1 heterocycles. The van der Waals surface area contributed by atoms with E-state index >= 15 is 0 Å². The van der Waals surface area contributed by atoms with Crippen LogP contribution in [0.4, 0.5) is 0 Å². The number of aryl methyl sites for hydroxylation is 1. The van der Waals surface area contributed by atoms with Crippen LogP contribution >= 0.6 is 0 Å². The summed E-state index contributed by atoms with van der Waals surface area (Å²) in [7, 11) is 0. The highest BCUT2D eigenvalue weighted by molar-refractivity contribution is 4.81. The summed E-state index contributed by atoms with van der Waals surface area (Å²) in [5, 5.41) is 0. The Morgan fingerprint density at radius 1 is 1.55 bits per heavy atom. The van der Waals surface area contributed by atoms with Crippen LogP contribution in [-0.4, -0.2) is 9.55 Å². The third-order valence-corrected chi connectivity index (χ3v) is 1.13. The van der Waals surface area contributed by atoms with E-state index in [-0.39, 0.29) is 5.56 Å². The van der Waals surface area contributed by atoms with Crippen LogP contribution in [0.3, 0.4) is 0 Å². The van der Waals surface area contributed by atoms with Gasteiger partial charge in [-0.05, 0) is 6.92 Å². The van der Waals surface area contributed by atoms with Crippen LogP contribution in [0.25, 0.3) is 0 Å². The summed E-state index contributed by atoms with van der Waals surface area (Å²) < 4.78 is 1.54. The van der Waals surface area contributed by atoms with Crippen molar-refractivity contribution in [3.8, 4) is 0 Å². The molecule has 0 saturated carbocycles. The molecule has 3 heteroatoms. The molecule has 0 spiro atoms. The lowest BCUT2D eigenvalue weighted by molar-refractivity contribution is 0.706. The van der Waals surface area contributed by atoms with E-state index in [0.29, 0.717) is 6.54 Å². The quantitative estimate of drug-likeness (QED) is 0.611. The fraction of sp³-hybridized carbons (Fsp3) is 0.500. The van der Waals surface area contributed by atoms with Gasteiger partial charge < -0.3 is 0 Å². The van der Waals surface area contributed by atoms with Gasteiger partial charge >= 0.3 is 0 Å². The second-order valence-corrected chi connectivity index (χ2v) is 1.70. The summed E-state index contributed by atoms with van der Waals surface area (Å²) in [5.41, 5.74) is 0.00694. The van der Waals surface area contributed by atoms with Gasteiger partial charge in [0.25, 0.3) is 5.56 Å². The largest absolute Gasteiger partial charge is 0.300 e. The van der Waals surface area contributed by atoms with E-state index in [2.05, 4.69) is 4.98 Å². The van der Waals surface area contributed by atoms with Crippen molar-refractivity contribution in [1.82, 2.24) is 9.55 Å². The van der Waals surface area contributed by atoms with Crippen LogP contribution in [0.2, 0.25) is 0 Å². The monoisotopic (exact) mass is 154 g/mol. The second-order valence-electron chi connectivity index (χ2n) is 1.70. The van der Waals surface area contributed by atoms with Gasteiger partial charge in [0.1, 0.15) is 0 Å². The number of hydrogen-bond acceptors (Lipinski definition) is 2. The van der Waals surface area contributed by atoms with Gasteiger partial charge in [-0.1, -0.05) is 13.8 Å². The standard InChI is InChI=1S/C6H8N2O.C2H6/c1-2-8-5-7-4-3-6(8)9;1-2/h3-5H,2H2,1H3;1-2H3. The number of rotatable bonds is 1. The molecule has 0 amide bonds. The molecule has 11 heavy (non-hydrogen) atoms. The molecule has 0 aliphatic rings. The molecule has 0 N–H and O–H groups in total. The van der Waals surface area contributed by atoms with Crippen LogP contribution in [0, 0.1) is 0 Å². The summed E-state index contributed by atoms with van der Waals surface area (Å²) in [6, 6.07) is 1.45. The van der Waals surface area contributed by atoms with Gasteiger partial charge in [-0.2, -0.15) is 0 Å². The average molecular weight is 154 g/mol. The van der Waals surface area contributed by atoms with E-state index in [0.717, 1.165) is 0 Å². The highest BCUT2D eigenvalue weighted by atomic mass is 16.1. The first-order valence-corrected chi connectivity index (χ1v) is 3.85. The van der Waals surface area contributed by atoms with Crippen molar-refractivity contribution < 1.29 is 0 Å². The third-order valence-electron chi connectivity index (χ3n) is 1.13. The zero-order valence-corrected chi connectivity index (χ0v) is 7.24. The Labute approximate surface area is 66.7 Å². The van der Waals surface area contributed by atoms with Crippen LogP contribution in [0.1, 0.15) is 20.8 Å². The predicted octanol–water partition coefficient (Wildman–Crippen LogP) is 1.29. The summed E-state index contributed by atoms with van der Waals surface area (Å²) in [6.45, 7) is 6.59. The smallest absolute Gasteiger partial charge is 0.253 e. The zero-order valence-electron chi connectivity index (χ0n) is 7.24. The molecule has 1 aromatic rings. The maximum absolute atomic E-state index is 10.8. The van der Waals surface area contributed by atoms with Crippen molar-refractivity contribution in [2.75, 3.05) is 0 Å². The Hall–Kier alpha value is -1.12. The zero-order chi connectivity index (χ0) is 8.69. The summed E-state index contributed by atoms with van der Waals surface area (Å²) in [5.74, 6) is 0. The number of aromatic nitrogens is 2. The number of hydrogen-bond donors (Lipinski definition) is 0. The van der Waals surface area contributed by atoms with Crippen molar-refractivity contribution in [1.29, 1.82) is 0 Å². The normalized spacial score (nSPS) is 8.27. The van der Waals surface area contributed by atoms with E-state index in [1.165, 1.54) is 18.6 Å². The van der Waals surface area contributed by atoms with Gasteiger partial charge in [-0.25, -0.2) is 4.98 Å². The highest BCUT2D eigenvalue weighted by Crippen LogP contribution is 1.73. The lowest BCUT2D eigenvalue weighted by Crippen LogP contribution is -2.16. The van der Waals surface area contributed by atoms with Crippen molar-refractivity contribution in [3.05, 3.63) is 28.9 Å². The molecule has 62 valence electrons. The molecule has 1 rings (SSSR count). The topological polar surface area (TPSA) is 34.9 Å². The van der Waals surface area contributed by atoms with Gasteiger partial charge in [0.15, 0.2) is 0 Å². The molecule has 0 saturated heterocycles. The Bertz CT molecular complexity index is 242. The average Bonchev–Trinajstić information content (AvgIpc) is 2.09. The van der Waals surface area contributed by atoms with Crippen LogP contribution < -0.4 is 5.56 Å². The lowest BCUT2D eigenvalue weighted by atomic mass is 10.6. The molecule has 0 aliphatic heterocycles. The molecule has 1 aromatic heterocycles. The summed E-state index contributed by atoms with van der Waals surface area (Å²) in [4.78, 5) is 14.6. The summed E-state index contributed by atoms with van der Waals surface area (Å²) in [6.07, 6.45) is 3.02. The van der Waals surface area contributed by atoms with Gasteiger partial charge in [-0.15, -0.1) is 0 Å². The van der Waals surface area contributed by atoms with Gasteiger partial charge in [-0.3, -0.25) is 9.36 Å². The van der Waals surface area contributed by atoms with Crippen LogP contribution in [-0.2, 0) is 6.54 Å². The Kier molecular flexibility index (Phi) is 5.07. The Morgan fingerprint density at radius 2 is 2.18 bits per heavy atom. The van der Waals surface area contributed by atoms with Crippen LogP contribution in [0.15, 0.2) is 23.4 Å². The SMILES string of the molecule is CC.CCn1cnccc1=O. The van der Waals surface area contributed by atoms with Gasteiger partial charge in [0.2, 0.25) is 0 Å². The first-order valence-electron chi connectivity index (χ1n) is 3.85. The van der Waals surface area contributed by atoms with E-state index in [4.69, 9.17) is 0 Å². The minimum Gasteiger partial charge on any atom is -0.300 e. The van der Waals surface area contributed by atoms with E-state index in [9.17, 15) is 4.79 Å². The van der Waals surface area contributed by atoms with Gasteiger partial charge in [0.05, 0.1) is 6.33 Å². The maximum Gasteiger partial charge on any atom is 0.253 e. The third kappa shape index (κ3) is 2.98. The molecule has 3 nitrogen and oxygen atoms in total. The Balaban J connectivity index is 0.000000461. The minimum atomic E-state index is 0.00694. The molecular formula is C8H14N2O. The van der Waals surface area contributed by atoms with E-state index in [1.54, 1.807) is 4.57 Å². The van der Waals surface area contributed by atoms with Crippen molar-refractivity contribution in [3.63, 3.8) is 0 Å². The van der Waals surface area contributed by atoms with Gasteiger partial charge in [0, 0.05) is 18.8 Å². The minimum absolute atomic E-state index is 0.00694. The molecular weight excluding hydrogens is 140 g/mol. The van der Waals surface area contributed by atoms with Crippen LogP contribution in [0.5, 0.6) is 0 Å². The molecule has 0 radical (unpaired) electrons. The molecule has 0 bridgehead atoms. The van der Waals surface area contributed by atoms with E-state index < -0.39 is 0 Å². The molecule has 0 unspecified atom stereocenters. The summed E-state index contributed by atoms with van der Waals surface area (Å²) >= 11 is 0. The molecule has 0 aliphatic carbocycles. The molecule has 0 fully saturated rings. The lowest BCUT2D eigenvalue weighted by Gasteiger charge is -1.95. The van der Waals surface area contributed by atoms with Crippen molar-refractivity contribution in [2.45, 2.75) is 27.3 Å². The highest BCUT2D eigenvalue weighted by Gasteiger charge is 1.86. The van der Waals surface area contributed by atoms with Crippen molar-refractivity contribution >= 4 is 0 Å². The molecule has 0 aromatic carbocycles. The first-order chi connectivity index (χ1) is 5.34. The Morgan fingerprint density at radius 3 is 2.55 bits per heavy atom. The first kappa shape index (κ1) is 9.88. The number of nitrogens with zero attached hydrogens (tertiary/aromatic N) is 2. The fourth-order valence-electron chi connectivity index (χ4n) is 0.616. The predicted molar refractivity (Wildman–Crippen MR) is 45.5 cm³/mol. The molecule has 0 atom stereocenters. The maximum atomic E-state index is 10.8. The second kappa shape index (κ2) is 5.65. The fourth-order valence-corrected chi connectivity index (χ4v) is 0.616. The van der Waals surface area contributed by atoms with Crippen molar-refractivity contribution in [2.24, 2.45) is 0 Å².